The van der Waals surface area contributed by atoms with Crippen LogP contribution in [0, 0.1) is 5.82 Å². The van der Waals surface area contributed by atoms with Crippen molar-refractivity contribution in [3.8, 4) is 0 Å². The fourth-order valence-corrected chi connectivity index (χ4v) is 4.68. The summed E-state index contributed by atoms with van der Waals surface area (Å²) < 4.78 is 13.5. The smallest absolute Gasteiger partial charge is 0.266 e. The molecule has 0 bridgehead atoms. The maximum Gasteiger partial charge on any atom is 0.266 e. The Morgan fingerprint density at radius 3 is 2.55 bits per heavy atom. The lowest BCUT2D eigenvalue weighted by Gasteiger charge is -2.28. The molecular weight excluding hydrogens is 385 g/mol. The minimum Gasteiger partial charge on any atom is -0.372 e. The number of piperidine rings is 1. The summed E-state index contributed by atoms with van der Waals surface area (Å²) in [6.07, 6.45) is 5.52. The third-order valence-corrected chi connectivity index (χ3v) is 6.15. The summed E-state index contributed by atoms with van der Waals surface area (Å²) in [5.74, 6) is -0.407. The molecule has 1 amide bonds. The molecule has 2 saturated heterocycles. The highest BCUT2D eigenvalue weighted by atomic mass is 32.2. The van der Waals surface area contributed by atoms with Crippen LogP contribution in [0.15, 0.2) is 58.4 Å². The maximum absolute atomic E-state index is 13.5. The molecular formula is C23H24FN3OS. The summed E-state index contributed by atoms with van der Waals surface area (Å²) in [5.41, 5.74) is 2.72. The number of amidine groups is 1. The predicted molar refractivity (Wildman–Crippen MR) is 119 cm³/mol. The highest BCUT2D eigenvalue weighted by Crippen LogP contribution is 2.34. The molecule has 2 aliphatic heterocycles. The van der Waals surface area contributed by atoms with Gasteiger partial charge in [0.15, 0.2) is 5.17 Å². The minimum atomic E-state index is -0.315. The van der Waals surface area contributed by atoms with E-state index in [0.717, 1.165) is 18.8 Å². The van der Waals surface area contributed by atoms with Gasteiger partial charge in [0.05, 0.1) is 10.6 Å². The third-order valence-electron chi connectivity index (χ3n) is 5.15. The molecule has 0 atom stereocenters. The fraction of sp³-hybridized carbons (Fsp3) is 0.304. The van der Waals surface area contributed by atoms with Gasteiger partial charge in [0, 0.05) is 25.3 Å². The zero-order chi connectivity index (χ0) is 20.2. The van der Waals surface area contributed by atoms with Gasteiger partial charge in [-0.05, 0) is 86.0 Å². The number of thioether (sulfide) groups is 1. The van der Waals surface area contributed by atoms with Gasteiger partial charge in [-0.1, -0.05) is 12.1 Å². The van der Waals surface area contributed by atoms with Crippen LogP contribution in [0.1, 0.15) is 31.7 Å². The molecule has 0 aliphatic carbocycles. The molecule has 2 heterocycles. The van der Waals surface area contributed by atoms with E-state index >= 15 is 0 Å². The average molecular weight is 410 g/mol. The number of benzene rings is 2. The van der Waals surface area contributed by atoms with E-state index < -0.39 is 0 Å². The van der Waals surface area contributed by atoms with Gasteiger partial charge in [0.1, 0.15) is 5.82 Å². The number of rotatable bonds is 4. The number of carbonyl (C=O) groups excluding carboxylic acids is 1. The number of nitrogens with zero attached hydrogens (tertiary/aromatic N) is 3. The number of anilines is 1. The molecule has 6 heteroatoms. The van der Waals surface area contributed by atoms with Crippen molar-refractivity contribution < 1.29 is 9.18 Å². The number of carbonyl (C=O) groups is 1. The van der Waals surface area contributed by atoms with Crippen LogP contribution in [0.25, 0.3) is 6.08 Å². The summed E-state index contributed by atoms with van der Waals surface area (Å²) in [5, 5.41) is 0.658. The Hall–Kier alpha value is -2.60. The van der Waals surface area contributed by atoms with E-state index in [4.69, 9.17) is 4.99 Å². The zero-order valence-corrected chi connectivity index (χ0v) is 17.3. The molecule has 0 aromatic heterocycles. The van der Waals surface area contributed by atoms with Crippen molar-refractivity contribution in [3.63, 3.8) is 0 Å². The van der Waals surface area contributed by atoms with E-state index in [1.165, 1.54) is 48.8 Å². The van der Waals surface area contributed by atoms with Crippen LogP contribution in [0.2, 0.25) is 0 Å². The molecule has 2 fully saturated rings. The predicted octanol–water partition coefficient (Wildman–Crippen LogP) is 5.44. The van der Waals surface area contributed by atoms with Crippen molar-refractivity contribution >= 4 is 40.3 Å². The van der Waals surface area contributed by atoms with Gasteiger partial charge < -0.3 is 4.90 Å². The number of hydrogen-bond donors (Lipinski definition) is 0. The summed E-state index contributed by atoms with van der Waals surface area (Å²) in [6, 6.07) is 14.5. The molecule has 150 valence electrons. The first-order valence-electron chi connectivity index (χ1n) is 10.0. The Kier molecular flexibility index (Phi) is 6.00. The van der Waals surface area contributed by atoms with Crippen LogP contribution in [-0.4, -0.2) is 35.6 Å². The van der Waals surface area contributed by atoms with E-state index in [0.29, 0.717) is 22.2 Å². The molecule has 4 rings (SSSR count). The van der Waals surface area contributed by atoms with Crippen LogP contribution < -0.4 is 4.90 Å². The van der Waals surface area contributed by atoms with E-state index in [2.05, 4.69) is 17.0 Å². The Morgan fingerprint density at radius 2 is 1.86 bits per heavy atom. The van der Waals surface area contributed by atoms with Gasteiger partial charge in [0.2, 0.25) is 0 Å². The van der Waals surface area contributed by atoms with Gasteiger partial charge >= 0.3 is 0 Å². The number of halogens is 1. The molecule has 0 saturated carbocycles. The lowest BCUT2D eigenvalue weighted by atomic mass is 10.1. The lowest BCUT2D eigenvalue weighted by Crippen LogP contribution is -2.29. The second kappa shape index (κ2) is 8.82. The molecule has 0 spiro atoms. The third kappa shape index (κ3) is 4.53. The van der Waals surface area contributed by atoms with E-state index in [1.807, 2.05) is 19.1 Å². The Morgan fingerprint density at radius 1 is 1.10 bits per heavy atom. The Balaban J connectivity index is 1.55. The standard InChI is InChI=1S/C23H24FN3OS/c1-2-27-22(28)21(16-17-7-6-8-18(24)15-17)29-23(27)25-19-9-11-20(12-10-19)26-13-4-3-5-14-26/h6-12,15-16H,2-5,13-14H2,1H3/b21-16-,25-23?. The largest absolute Gasteiger partial charge is 0.372 e. The number of aliphatic imine (C=N–C) groups is 1. The lowest BCUT2D eigenvalue weighted by molar-refractivity contribution is -0.122. The Bertz CT molecular complexity index is 949. The number of likely N-dealkylation sites (N-methyl/N-ethyl adjacent to an activating group) is 1. The van der Waals surface area contributed by atoms with Gasteiger partial charge in [0.25, 0.3) is 5.91 Å². The molecule has 0 radical (unpaired) electrons. The van der Waals surface area contributed by atoms with Gasteiger partial charge in [-0.3, -0.25) is 9.69 Å². The monoisotopic (exact) mass is 409 g/mol. The maximum atomic E-state index is 13.5. The van der Waals surface area contributed by atoms with Crippen LogP contribution in [-0.2, 0) is 4.79 Å². The first-order valence-corrected chi connectivity index (χ1v) is 10.9. The Labute approximate surface area is 175 Å². The summed E-state index contributed by atoms with van der Waals surface area (Å²) in [4.78, 5) is 22.1. The average Bonchev–Trinajstić information content (AvgIpc) is 3.03. The first-order chi connectivity index (χ1) is 14.1. The molecule has 0 unspecified atom stereocenters. The van der Waals surface area contributed by atoms with Crippen LogP contribution in [0.4, 0.5) is 15.8 Å². The molecule has 2 aromatic carbocycles. The molecule has 2 aliphatic rings. The summed E-state index contributed by atoms with van der Waals surface area (Å²) >= 11 is 1.33. The minimum absolute atomic E-state index is 0.0922. The molecule has 2 aromatic rings. The number of hydrogen-bond acceptors (Lipinski definition) is 4. The molecule has 29 heavy (non-hydrogen) atoms. The van der Waals surface area contributed by atoms with Crippen LogP contribution in [0.3, 0.4) is 0 Å². The van der Waals surface area contributed by atoms with Gasteiger partial charge in [-0.25, -0.2) is 9.38 Å². The number of amides is 1. The van der Waals surface area contributed by atoms with Crippen molar-refractivity contribution in [2.45, 2.75) is 26.2 Å². The summed E-state index contributed by atoms with van der Waals surface area (Å²) in [6.45, 7) is 4.68. The zero-order valence-electron chi connectivity index (χ0n) is 16.5. The van der Waals surface area contributed by atoms with E-state index in [9.17, 15) is 9.18 Å². The van der Waals surface area contributed by atoms with Crippen molar-refractivity contribution in [3.05, 3.63) is 64.8 Å². The van der Waals surface area contributed by atoms with Crippen molar-refractivity contribution in [1.82, 2.24) is 4.90 Å². The van der Waals surface area contributed by atoms with E-state index in [1.54, 1.807) is 23.1 Å². The molecule has 4 nitrogen and oxygen atoms in total. The van der Waals surface area contributed by atoms with Crippen LogP contribution in [0.5, 0.6) is 0 Å². The highest BCUT2D eigenvalue weighted by Gasteiger charge is 2.32. The normalized spacial score (nSPS) is 20.1. The van der Waals surface area contributed by atoms with Crippen molar-refractivity contribution in [2.24, 2.45) is 4.99 Å². The highest BCUT2D eigenvalue weighted by molar-refractivity contribution is 8.18. The first kappa shape index (κ1) is 19.7. The van der Waals surface area contributed by atoms with Crippen molar-refractivity contribution in [2.75, 3.05) is 24.5 Å². The second-order valence-corrected chi connectivity index (χ2v) is 8.18. The SMILES string of the molecule is CCN1C(=O)/C(=C/c2cccc(F)c2)SC1=Nc1ccc(N2CCCCC2)cc1. The van der Waals surface area contributed by atoms with Gasteiger partial charge in [-0.2, -0.15) is 0 Å². The second-order valence-electron chi connectivity index (χ2n) is 7.17. The quantitative estimate of drug-likeness (QED) is 0.631. The van der Waals surface area contributed by atoms with Crippen molar-refractivity contribution in [1.29, 1.82) is 0 Å². The van der Waals surface area contributed by atoms with Crippen LogP contribution >= 0.6 is 11.8 Å². The van der Waals surface area contributed by atoms with Gasteiger partial charge in [-0.15, -0.1) is 0 Å². The van der Waals surface area contributed by atoms with E-state index in [-0.39, 0.29) is 11.7 Å². The topological polar surface area (TPSA) is 35.9 Å². The summed E-state index contributed by atoms with van der Waals surface area (Å²) in [7, 11) is 0. The molecule has 0 N–H and O–H groups in total. The fourth-order valence-electron chi connectivity index (χ4n) is 3.62.